The van der Waals surface area contributed by atoms with Crippen molar-refractivity contribution in [3.63, 3.8) is 0 Å². The van der Waals surface area contributed by atoms with Gasteiger partial charge in [0.25, 0.3) is 5.91 Å². The highest BCUT2D eigenvalue weighted by Gasteiger charge is 2.20. The molecule has 2 aromatic carbocycles. The molecule has 1 amide bonds. The molecule has 0 bridgehead atoms. The molecule has 2 N–H and O–H groups in total. The van der Waals surface area contributed by atoms with Crippen molar-refractivity contribution < 1.29 is 22.7 Å². The maximum Gasteiger partial charge on any atom is 0.262 e. The molecule has 0 saturated carbocycles. The summed E-state index contributed by atoms with van der Waals surface area (Å²) in [5.41, 5.74) is 1.63. The number of amides is 1. The Morgan fingerprint density at radius 2 is 2.00 bits per heavy atom. The summed E-state index contributed by atoms with van der Waals surface area (Å²) < 4.78 is 38.2. The van der Waals surface area contributed by atoms with E-state index in [1.54, 1.807) is 18.2 Å². The first-order valence-electron chi connectivity index (χ1n) is 9.69. The summed E-state index contributed by atoms with van der Waals surface area (Å²) in [6, 6.07) is 13.6. The van der Waals surface area contributed by atoms with Crippen LogP contribution in [-0.4, -0.2) is 40.2 Å². The molecule has 29 heavy (non-hydrogen) atoms. The van der Waals surface area contributed by atoms with E-state index < -0.39 is 10.0 Å². The highest BCUT2D eigenvalue weighted by atomic mass is 32.2. The lowest BCUT2D eigenvalue weighted by molar-refractivity contribution is -0.118. The first-order valence-corrected chi connectivity index (χ1v) is 11.2. The fourth-order valence-corrected chi connectivity index (χ4v) is 4.08. The van der Waals surface area contributed by atoms with E-state index in [9.17, 15) is 13.2 Å². The number of hydrogen-bond donors (Lipinski definition) is 2. The number of carbonyl (C=O) groups is 1. The van der Waals surface area contributed by atoms with Crippen LogP contribution in [-0.2, 0) is 26.0 Å². The number of hydrogen-bond acceptors (Lipinski definition) is 5. The summed E-state index contributed by atoms with van der Waals surface area (Å²) in [7, 11) is -3.61. The molecule has 7 nitrogen and oxygen atoms in total. The molecule has 1 aliphatic heterocycles. The lowest BCUT2D eigenvalue weighted by Gasteiger charge is -2.12. The van der Waals surface area contributed by atoms with Crippen LogP contribution in [0.2, 0.25) is 0 Å². The predicted molar refractivity (Wildman–Crippen MR) is 111 cm³/mol. The lowest BCUT2D eigenvalue weighted by atomic mass is 10.2. The Morgan fingerprint density at radius 1 is 1.21 bits per heavy atom. The van der Waals surface area contributed by atoms with Gasteiger partial charge in [0.05, 0.1) is 11.0 Å². The smallest absolute Gasteiger partial charge is 0.262 e. The van der Waals surface area contributed by atoms with Crippen LogP contribution in [0.15, 0.2) is 53.4 Å². The van der Waals surface area contributed by atoms with E-state index in [4.69, 9.17) is 9.47 Å². The van der Waals surface area contributed by atoms with E-state index in [-0.39, 0.29) is 30.1 Å². The molecule has 1 unspecified atom stereocenters. The van der Waals surface area contributed by atoms with E-state index in [2.05, 4.69) is 10.0 Å². The molecule has 156 valence electrons. The Balaban J connectivity index is 1.50. The fraction of sp³-hybridized carbons (Fsp3) is 0.381. The fourth-order valence-electron chi connectivity index (χ4n) is 3.01. The van der Waals surface area contributed by atoms with Gasteiger partial charge in [0.15, 0.2) is 6.61 Å². The van der Waals surface area contributed by atoms with Gasteiger partial charge in [-0.2, -0.15) is 0 Å². The quantitative estimate of drug-likeness (QED) is 0.653. The molecule has 8 heteroatoms. The van der Waals surface area contributed by atoms with Crippen LogP contribution < -0.4 is 14.8 Å². The van der Waals surface area contributed by atoms with Crippen LogP contribution in [0.5, 0.6) is 5.75 Å². The molecule has 2 aromatic rings. The summed E-state index contributed by atoms with van der Waals surface area (Å²) in [5.74, 6) is 0.317. The van der Waals surface area contributed by atoms with Crippen LogP contribution >= 0.6 is 0 Å². The molecular weight excluding hydrogens is 392 g/mol. The van der Waals surface area contributed by atoms with Crippen LogP contribution in [0, 0.1) is 0 Å². The minimum Gasteiger partial charge on any atom is -0.484 e. The van der Waals surface area contributed by atoms with E-state index in [1.807, 2.05) is 25.1 Å². The zero-order valence-corrected chi connectivity index (χ0v) is 17.2. The van der Waals surface area contributed by atoms with Crippen molar-refractivity contribution in [2.75, 3.05) is 25.1 Å². The molecule has 1 atom stereocenters. The van der Waals surface area contributed by atoms with Crippen LogP contribution in [0.4, 0.5) is 5.69 Å². The van der Waals surface area contributed by atoms with Crippen molar-refractivity contribution in [2.45, 2.75) is 37.2 Å². The van der Waals surface area contributed by atoms with Crippen LogP contribution in [0.1, 0.15) is 25.3 Å². The highest BCUT2D eigenvalue weighted by Crippen LogP contribution is 2.17. The molecule has 1 fully saturated rings. The molecule has 0 aliphatic carbocycles. The van der Waals surface area contributed by atoms with Gasteiger partial charge in [-0.25, -0.2) is 13.1 Å². The van der Waals surface area contributed by atoms with E-state index in [0.717, 1.165) is 24.8 Å². The van der Waals surface area contributed by atoms with Crippen molar-refractivity contribution in [2.24, 2.45) is 0 Å². The minimum atomic E-state index is -3.61. The third-order valence-corrected chi connectivity index (χ3v) is 6.09. The zero-order chi connectivity index (χ0) is 20.7. The Morgan fingerprint density at radius 3 is 2.69 bits per heavy atom. The number of sulfonamides is 1. The van der Waals surface area contributed by atoms with Gasteiger partial charge in [-0.1, -0.05) is 19.1 Å². The Kier molecular flexibility index (Phi) is 7.24. The van der Waals surface area contributed by atoms with Crippen molar-refractivity contribution in [1.82, 2.24) is 4.72 Å². The number of anilines is 1. The van der Waals surface area contributed by atoms with Gasteiger partial charge < -0.3 is 14.8 Å². The number of ether oxygens (including phenoxy) is 2. The lowest BCUT2D eigenvalue weighted by Crippen LogP contribution is -2.31. The second-order valence-corrected chi connectivity index (χ2v) is 8.62. The maximum atomic E-state index is 12.4. The van der Waals surface area contributed by atoms with E-state index in [0.29, 0.717) is 18.0 Å². The van der Waals surface area contributed by atoms with Gasteiger partial charge in [-0.3, -0.25) is 4.79 Å². The molecule has 3 rings (SSSR count). The first kappa shape index (κ1) is 21.3. The van der Waals surface area contributed by atoms with Crippen molar-refractivity contribution in [1.29, 1.82) is 0 Å². The maximum absolute atomic E-state index is 12.4. The predicted octanol–water partition coefficient (Wildman–Crippen LogP) is 2.72. The topological polar surface area (TPSA) is 93.7 Å². The number of nitrogens with one attached hydrogen (secondary N) is 2. The summed E-state index contributed by atoms with van der Waals surface area (Å²) >= 11 is 0. The molecule has 1 heterocycles. The van der Waals surface area contributed by atoms with Gasteiger partial charge in [0.1, 0.15) is 5.75 Å². The molecule has 0 radical (unpaired) electrons. The molecule has 0 aromatic heterocycles. The van der Waals surface area contributed by atoms with E-state index >= 15 is 0 Å². The normalized spacial score (nSPS) is 16.5. The summed E-state index contributed by atoms with van der Waals surface area (Å²) in [6.07, 6.45) is 2.63. The first-order chi connectivity index (χ1) is 14.0. The SMILES string of the molecule is CCc1cccc(OCC(=O)Nc2ccc(S(=O)(=O)NCC3CCCO3)cc2)c1. The van der Waals surface area contributed by atoms with Crippen molar-refractivity contribution in [3.05, 3.63) is 54.1 Å². The van der Waals surface area contributed by atoms with Gasteiger partial charge in [0.2, 0.25) is 10.0 Å². The molecule has 1 saturated heterocycles. The van der Waals surface area contributed by atoms with Crippen LogP contribution in [0.3, 0.4) is 0 Å². The highest BCUT2D eigenvalue weighted by molar-refractivity contribution is 7.89. The van der Waals surface area contributed by atoms with Crippen molar-refractivity contribution in [3.8, 4) is 5.75 Å². The third-order valence-electron chi connectivity index (χ3n) is 4.65. The second kappa shape index (κ2) is 9.87. The number of benzene rings is 2. The largest absolute Gasteiger partial charge is 0.484 e. The van der Waals surface area contributed by atoms with Gasteiger partial charge in [-0.15, -0.1) is 0 Å². The number of carbonyl (C=O) groups excluding carboxylic acids is 1. The average Bonchev–Trinajstić information content (AvgIpc) is 3.25. The summed E-state index contributed by atoms with van der Waals surface area (Å²) in [5, 5.41) is 2.70. The van der Waals surface area contributed by atoms with Crippen LogP contribution in [0.25, 0.3) is 0 Å². The van der Waals surface area contributed by atoms with E-state index in [1.165, 1.54) is 12.1 Å². The molecule has 0 spiro atoms. The average molecular weight is 419 g/mol. The monoisotopic (exact) mass is 418 g/mol. The number of aryl methyl sites for hydroxylation is 1. The standard InChI is InChI=1S/C21H26N2O5S/c1-2-16-5-3-6-18(13-16)28-15-21(24)23-17-8-10-20(11-9-17)29(25,26)22-14-19-7-4-12-27-19/h3,5-6,8-11,13,19,22H,2,4,7,12,14-15H2,1H3,(H,23,24). The second-order valence-electron chi connectivity index (χ2n) is 6.85. The van der Waals surface area contributed by atoms with Gasteiger partial charge in [-0.05, 0) is 61.2 Å². The number of rotatable bonds is 9. The van der Waals surface area contributed by atoms with Gasteiger partial charge >= 0.3 is 0 Å². The minimum absolute atomic E-state index is 0.0682. The van der Waals surface area contributed by atoms with Gasteiger partial charge in [0, 0.05) is 18.8 Å². The molecular formula is C21H26N2O5S. The Bertz CT molecular complexity index is 922. The Hall–Kier alpha value is -2.42. The Labute approximate surface area is 171 Å². The van der Waals surface area contributed by atoms with Crippen molar-refractivity contribution >= 4 is 21.6 Å². The third kappa shape index (κ3) is 6.28. The summed E-state index contributed by atoms with van der Waals surface area (Å²) in [6.45, 7) is 2.86. The molecule has 1 aliphatic rings. The summed E-state index contributed by atoms with van der Waals surface area (Å²) in [4.78, 5) is 12.2. The zero-order valence-electron chi connectivity index (χ0n) is 16.4.